The largest absolute Gasteiger partial charge is 0.497 e. The van der Waals surface area contributed by atoms with Crippen molar-refractivity contribution < 1.29 is 14.5 Å². The maximum absolute atomic E-state index is 12.1. The first kappa shape index (κ1) is 19.2. The summed E-state index contributed by atoms with van der Waals surface area (Å²) in [6.45, 7) is 0. The number of nitrogen functional groups attached to an aromatic ring is 1. The van der Waals surface area contributed by atoms with Crippen molar-refractivity contribution >= 4 is 29.0 Å². The summed E-state index contributed by atoms with van der Waals surface area (Å²) >= 11 is 1.10. The summed E-state index contributed by atoms with van der Waals surface area (Å²) in [5.41, 5.74) is 0.993. The van der Waals surface area contributed by atoms with Gasteiger partial charge in [-0.1, -0.05) is 17.8 Å². The van der Waals surface area contributed by atoms with Crippen LogP contribution in [-0.4, -0.2) is 38.6 Å². The molecule has 0 atom stereocenters. The predicted octanol–water partition coefficient (Wildman–Crippen LogP) is 2.31. The minimum atomic E-state index is -0.526. The second-order valence-corrected chi connectivity index (χ2v) is 6.49. The van der Waals surface area contributed by atoms with Gasteiger partial charge in [0.15, 0.2) is 5.82 Å². The van der Waals surface area contributed by atoms with Crippen LogP contribution in [0, 0.1) is 10.1 Å². The lowest BCUT2D eigenvalue weighted by molar-refractivity contribution is -0.384. The van der Waals surface area contributed by atoms with Gasteiger partial charge in [0, 0.05) is 23.4 Å². The number of hydrogen-bond acceptors (Lipinski definition) is 8. The Hall–Kier alpha value is -3.60. The van der Waals surface area contributed by atoms with E-state index in [0.717, 1.165) is 17.3 Å². The van der Waals surface area contributed by atoms with E-state index in [-0.39, 0.29) is 17.3 Å². The van der Waals surface area contributed by atoms with Gasteiger partial charge in [0.1, 0.15) is 5.75 Å². The zero-order chi connectivity index (χ0) is 20.1. The number of hydrogen-bond donors (Lipinski definition) is 2. The van der Waals surface area contributed by atoms with E-state index in [4.69, 9.17) is 10.6 Å². The average molecular weight is 400 g/mol. The number of nitro benzene ring substituents is 1. The number of benzene rings is 2. The lowest BCUT2D eigenvalue weighted by Crippen LogP contribution is -2.16. The van der Waals surface area contributed by atoms with E-state index in [9.17, 15) is 14.9 Å². The highest BCUT2D eigenvalue weighted by molar-refractivity contribution is 7.99. The van der Waals surface area contributed by atoms with Crippen LogP contribution in [-0.2, 0) is 4.79 Å². The highest BCUT2D eigenvalue weighted by atomic mass is 32.2. The van der Waals surface area contributed by atoms with Crippen molar-refractivity contribution in [3.8, 4) is 17.1 Å². The van der Waals surface area contributed by atoms with E-state index in [0.29, 0.717) is 22.4 Å². The lowest BCUT2D eigenvalue weighted by Gasteiger charge is -2.06. The topological polar surface area (TPSA) is 138 Å². The van der Waals surface area contributed by atoms with Crippen LogP contribution in [0.4, 0.5) is 11.4 Å². The summed E-state index contributed by atoms with van der Waals surface area (Å²) < 4.78 is 6.41. The van der Waals surface area contributed by atoms with Crippen molar-refractivity contribution in [1.82, 2.24) is 14.9 Å². The van der Waals surface area contributed by atoms with Crippen LogP contribution in [0.2, 0.25) is 0 Å². The van der Waals surface area contributed by atoms with Gasteiger partial charge in [0.2, 0.25) is 11.1 Å². The summed E-state index contributed by atoms with van der Waals surface area (Å²) in [7, 11) is 1.58. The van der Waals surface area contributed by atoms with Gasteiger partial charge in [-0.05, 0) is 30.3 Å². The molecule has 0 fully saturated rings. The molecule has 3 aromatic rings. The molecule has 0 aliphatic carbocycles. The second-order valence-electron chi connectivity index (χ2n) is 5.55. The number of aromatic nitrogens is 3. The summed E-state index contributed by atoms with van der Waals surface area (Å²) in [6.07, 6.45) is 0. The zero-order valence-corrected chi connectivity index (χ0v) is 15.5. The van der Waals surface area contributed by atoms with Crippen molar-refractivity contribution in [3.63, 3.8) is 0 Å². The van der Waals surface area contributed by atoms with Crippen molar-refractivity contribution in [2.45, 2.75) is 5.16 Å². The van der Waals surface area contributed by atoms with E-state index >= 15 is 0 Å². The molecule has 0 saturated carbocycles. The Morgan fingerprint density at radius 2 is 2.04 bits per heavy atom. The number of amides is 1. The quantitative estimate of drug-likeness (QED) is 0.267. The molecule has 3 rings (SSSR count). The van der Waals surface area contributed by atoms with Crippen LogP contribution in [0.15, 0.2) is 53.7 Å². The van der Waals surface area contributed by atoms with Gasteiger partial charge in [-0.3, -0.25) is 14.9 Å². The molecule has 10 nitrogen and oxygen atoms in total. The van der Waals surface area contributed by atoms with Crippen molar-refractivity contribution in [2.24, 2.45) is 0 Å². The summed E-state index contributed by atoms with van der Waals surface area (Å²) in [6, 6.07) is 12.9. The molecular formula is C17H16N6O4S. The van der Waals surface area contributed by atoms with Gasteiger partial charge in [-0.25, -0.2) is 4.68 Å². The fourth-order valence-corrected chi connectivity index (χ4v) is 2.99. The number of non-ortho nitro benzene ring substituents is 1. The molecule has 11 heteroatoms. The summed E-state index contributed by atoms with van der Waals surface area (Å²) in [5, 5.41) is 21.8. The first-order valence-corrected chi connectivity index (χ1v) is 8.98. The van der Waals surface area contributed by atoms with Gasteiger partial charge in [0.05, 0.1) is 17.8 Å². The molecule has 1 heterocycles. The Morgan fingerprint density at radius 1 is 1.29 bits per heavy atom. The van der Waals surface area contributed by atoms with Gasteiger partial charge in [-0.15, -0.1) is 10.2 Å². The number of nitrogens with one attached hydrogen (secondary N) is 1. The van der Waals surface area contributed by atoms with E-state index in [1.165, 1.54) is 22.9 Å². The molecule has 144 valence electrons. The average Bonchev–Trinajstić information content (AvgIpc) is 3.07. The smallest absolute Gasteiger partial charge is 0.271 e. The van der Waals surface area contributed by atoms with Crippen molar-refractivity contribution in [3.05, 3.63) is 58.6 Å². The third-order valence-corrected chi connectivity index (χ3v) is 4.63. The number of nitrogens with zero attached hydrogens (tertiary/aromatic N) is 4. The molecule has 1 amide bonds. The number of anilines is 1. The van der Waals surface area contributed by atoms with Gasteiger partial charge in [0.25, 0.3) is 5.69 Å². The first-order valence-electron chi connectivity index (χ1n) is 8.00. The zero-order valence-electron chi connectivity index (χ0n) is 14.7. The molecular weight excluding hydrogens is 384 g/mol. The molecule has 3 N–H and O–H groups in total. The number of ether oxygens (including phenoxy) is 1. The second kappa shape index (κ2) is 8.39. The van der Waals surface area contributed by atoms with Crippen molar-refractivity contribution in [2.75, 3.05) is 24.0 Å². The van der Waals surface area contributed by atoms with Gasteiger partial charge in [-0.2, -0.15) is 0 Å². The van der Waals surface area contributed by atoms with Gasteiger partial charge < -0.3 is 15.9 Å². The number of carbonyl (C=O) groups excluding carboxylic acids is 1. The Kier molecular flexibility index (Phi) is 5.75. The molecule has 1 aromatic heterocycles. The number of nitro groups is 1. The minimum absolute atomic E-state index is 0.0145. The van der Waals surface area contributed by atoms with Crippen LogP contribution in [0.5, 0.6) is 5.75 Å². The Balaban J connectivity index is 1.63. The number of rotatable bonds is 7. The molecule has 0 unspecified atom stereocenters. The molecule has 0 aliphatic rings. The molecule has 0 saturated heterocycles. The lowest BCUT2D eigenvalue weighted by atomic mass is 10.2. The van der Waals surface area contributed by atoms with Crippen LogP contribution in [0.25, 0.3) is 11.4 Å². The third kappa shape index (κ3) is 4.38. The fourth-order valence-electron chi connectivity index (χ4n) is 2.34. The van der Waals surface area contributed by atoms with Crippen LogP contribution in [0.1, 0.15) is 0 Å². The van der Waals surface area contributed by atoms with Crippen molar-refractivity contribution in [1.29, 1.82) is 0 Å². The van der Waals surface area contributed by atoms with E-state index < -0.39 is 4.92 Å². The normalized spacial score (nSPS) is 10.5. The van der Waals surface area contributed by atoms with Crippen LogP contribution < -0.4 is 15.9 Å². The molecule has 2 aromatic carbocycles. The van der Waals surface area contributed by atoms with E-state index in [1.54, 1.807) is 37.4 Å². The molecule has 0 radical (unpaired) electrons. The standard InChI is InChI=1S/C17H16N6O4S/c1-27-14-7-5-11(6-8-14)16-20-21-17(22(16)18)28-10-15(24)19-12-3-2-4-13(9-12)23(25)26/h2-9H,10,18H2,1H3,(H,19,24). The summed E-state index contributed by atoms with van der Waals surface area (Å²) in [4.78, 5) is 22.4. The SMILES string of the molecule is COc1ccc(-c2nnc(SCC(=O)Nc3cccc([N+](=O)[O-])c3)n2N)cc1. The molecule has 0 bridgehead atoms. The monoisotopic (exact) mass is 400 g/mol. The highest BCUT2D eigenvalue weighted by Crippen LogP contribution is 2.24. The highest BCUT2D eigenvalue weighted by Gasteiger charge is 2.14. The van der Waals surface area contributed by atoms with Crippen LogP contribution >= 0.6 is 11.8 Å². The first-order chi connectivity index (χ1) is 13.5. The van der Waals surface area contributed by atoms with E-state index in [2.05, 4.69) is 15.5 Å². The number of thioether (sulfide) groups is 1. The van der Waals surface area contributed by atoms with E-state index in [1.807, 2.05) is 0 Å². The molecule has 28 heavy (non-hydrogen) atoms. The van der Waals surface area contributed by atoms with Gasteiger partial charge >= 0.3 is 0 Å². The maximum atomic E-state index is 12.1. The maximum Gasteiger partial charge on any atom is 0.271 e. The molecule has 0 aliphatic heterocycles. The van der Waals surface area contributed by atoms with Crippen LogP contribution in [0.3, 0.4) is 0 Å². The Labute approximate surface area is 163 Å². The number of carbonyl (C=O) groups is 1. The number of methoxy groups -OCH3 is 1. The summed E-state index contributed by atoms with van der Waals surface area (Å²) in [5.74, 6) is 6.85. The Morgan fingerprint density at radius 3 is 2.71 bits per heavy atom. The Bertz CT molecular complexity index is 1010. The molecule has 0 spiro atoms. The minimum Gasteiger partial charge on any atom is -0.497 e. The number of nitrogens with two attached hydrogens (primary N) is 1. The fraction of sp³-hybridized carbons (Fsp3) is 0.118. The predicted molar refractivity (Wildman–Crippen MR) is 105 cm³/mol. The third-order valence-electron chi connectivity index (χ3n) is 3.69.